The summed E-state index contributed by atoms with van der Waals surface area (Å²) in [4.78, 5) is 5.35. The molecule has 0 aromatic heterocycles. The summed E-state index contributed by atoms with van der Waals surface area (Å²) < 4.78 is 29.6. The fourth-order valence-electron chi connectivity index (χ4n) is 5.56. The van der Waals surface area contributed by atoms with E-state index >= 15 is 0 Å². The number of benzene rings is 2. The van der Waals surface area contributed by atoms with Crippen LogP contribution < -0.4 is 18.9 Å². The van der Waals surface area contributed by atoms with Gasteiger partial charge in [-0.3, -0.25) is 4.99 Å². The maximum absolute atomic E-state index is 6.31. The van der Waals surface area contributed by atoms with Crippen molar-refractivity contribution < 1.29 is 23.7 Å². The van der Waals surface area contributed by atoms with Crippen LogP contribution in [-0.4, -0.2) is 52.4 Å². The molecular weight excluding hydrogens is 454 g/mol. The van der Waals surface area contributed by atoms with Gasteiger partial charge in [0.1, 0.15) is 0 Å². The number of rotatable bonds is 10. The Kier molecular flexibility index (Phi) is 6.55. The zero-order valence-corrected chi connectivity index (χ0v) is 21.6. The van der Waals surface area contributed by atoms with Crippen LogP contribution in [0, 0.1) is 11.8 Å². The predicted octanol–water partition coefficient (Wildman–Crippen LogP) is 5.78. The molecule has 3 aliphatic carbocycles. The topological polar surface area (TPSA) is 58.5 Å². The predicted molar refractivity (Wildman–Crippen MR) is 139 cm³/mol. The average molecular weight is 492 g/mol. The lowest BCUT2D eigenvalue weighted by Crippen LogP contribution is -2.35. The van der Waals surface area contributed by atoms with Gasteiger partial charge in [-0.25, -0.2) is 0 Å². The number of fused-ring (bicyclic) bond motifs is 3. The van der Waals surface area contributed by atoms with Gasteiger partial charge < -0.3 is 23.7 Å². The number of methoxy groups -OCH3 is 3. The van der Waals surface area contributed by atoms with Gasteiger partial charge >= 0.3 is 0 Å². The molecule has 6 heteroatoms. The van der Waals surface area contributed by atoms with E-state index in [-0.39, 0.29) is 12.1 Å². The second-order valence-electron chi connectivity index (χ2n) is 10.8. The Balaban J connectivity index is 1.39. The standard InChI is InChI=1S/C30H37NO5/c1-32-21-9-10-25-23(13-21)22-14-27(33-2)28(34-3)15-24(22)30(31-25)20-8-11-26(35-16-18-4-5-18)29(12-20)36-17-19-6-7-19/h8,11-12,14-15,18-19,21,23,25H,4-7,9-10,13,16-17H2,1-3H3. The summed E-state index contributed by atoms with van der Waals surface area (Å²) in [5, 5.41) is 0. The van der Waals surface area contributed by atoms with Crippen LogP contribution in [0.5, 0.6) is 23.0 Å². The van der Waals surface area contributed by atoms with Crippen LogP contribution in [0.15, 0.2) is 35.3 Å². The van der Waals surface area contributed by atoms with Crippen molar-refractivity contribution in [1.82, 2.24) is 0 Å². The van der Waals surface area contributed by atoms with E-state index in [1.54, 1.807) is 14.2 Å². The van der Waals surface area contributed by atoms with Crippen LogP contribution in [-0.2, 0) is 4.74 Å². The van der Waals surface area contributed by atoms with Crippen molar-refractivity contribution in [1.29, 1.82) is 0 Å². The van der Waals surface area contributed by atoms with Gasteiger partial charge in [0, 0.05) is 24.2 Å². The van der Waals surface area contributed by atoms with E-state index in [4.69, 9.17) is 28.7 Å². The van der Waals surface area contributed by atoms with Crippen LogP contribution >= 0.6 is 0 Å². The summed E-state index contributed by atoms with van der Waals surface area (Å²) in [6.07, 6.45) is 8.30. The van der Waals surface area contributed by atoms with Crippen molar-refractivity contribution in [3.63, 3.8) is 0 Å². The van der Waals surface area contributed by atoms with Crippen molar-refractivity contribution in [2.45, 2.75) is 63.0 Å². The highest BCUT2D eigenvalue weighted by molar-refractivity contribution is 6.15. The molecule has 192 valence electrons. The van der Waals surface area contributed by atoms with E-state index in [2.05, 4.69) is 30.3 Å². The van der Waals surface area contributed by atoms with Crippen molar-refractivity contribution in [2.24, 2.45) is 16.8 Å². The largest absolute Gasteiger partial charge is 0.493 e. The minimum absolute atomic E-state index is 0.221. The SMILES string of the molecule is COc1cc2c(cc1OC)C1CC(OC)CCC1N=C2c1ccc(OCC2CC2)c(OCC2CC2)c1. The van der Waals surface area contributed by atoms with E-state index in [0.29, 0.717) is 17.8 Å². The molecule has 4 aliphatic rings. The molecular formula is C30H37NO5. The van der Waals surface area contributed by atoms with E-state index in [1.165, 1.54) is 31.2 Å². The maximum Gasteiger partial charge on any atom is 0.161 e. The van der Waals surface area contributed by atoms with Crippen molar-refractivity contribution in [3.8, 4) is 23.0 Å². The molecule has 3 fully saturated rings. The zero-order chi connectivity index (χ0) is 24.6. The summed E-state index contributed by atoms with van der Waals surface area (Å²) in [5.74, 6) is 4.81. The van der Waals surface area contributed by atoms with Crippen molar-refractivity contribution in [3.05, 3.63) is 47.0 Å². The van der Waals surface area contributed by atoms with Crippen molar-refractivity contribution >= 4 is 5.71 Å². The summed E-state index contributed by atoms with van der Waals surface area (Å²) in [6.45, 7) is 1.52. The monoisotopic (exact) mass is 491 g/mol. The highest BCUT2D eigenvalue weighted by Gasteiger charge is 2.38. The van der Waals surface area contributed by atoms with E-state index in [0.717, 1.165) is 72.3 Å². The summed E-state index contributed by atoms with van der Waals surface area (Å²) in [6, 6.07) is 10.8. The fourth-order valence-corrected chi connectivity index (χ4v) is 5.56. The van der Waals surface area contributed by atoms with Gasteiger partial charge in [-0.15, -0.1) is 0 Å². The molecule has 2 aromatic rings. The van der Waals surface area contributed by atoms with E-state index in [9.17, 15) is 0 Å². The smallest absolute Gasteiger partial charge is 0.161 e. The molecule has 6 rings (SSSR count). The molecule has 6 nitrogen and oxygen atoms in total. The average Bonchev–Trinajstić information content (AvgIpc) is 3.85. The first-order chi connectivity index (χ1) is 17.7. The number of aliphatic imine (C=N–C) groups is 1. The minimum atomic E-state index is 0.221. The highest BCUT2D eigenvalue weighted by Crippen LogP contribution is 2.46. The maximum atomic E-state index is 6.31. The first kappa shape index (κ1) is 23.7. The van der Waals surface area contributed by atoms with Crippen LogP contribution in [0.1, 0.15) is 67.6 Å². The molecule has 2 aromatic carbocycles. The Morgan fingerprint density at radius 3 is 2.11 bits per heavy atom. The summed E-state index contributed by atoms with van der Waals surface area (Å²) in [5.41, 5.74) is 4.41. The Morgan fingerprint density at radius 1 is 0.750 bits per heavy atom. The number of hydrogen-bond acceptors (Lipinski definition) is 6. The van der Waals surface area contributed by atoms with Crippen LogP contribution in [0.25, 0.3) is 0 Å². The van der Waals surface area contributed by atoms with E-state index < -0.39 is 0 Å². The normalized spacial score (nSPS) is 24.9. The lowest BCUT2D eigenvalue weighted by molar-refractivity contribution is 0.0579. The summed E-state index contributed by atoms with van der Waals surface area (Å²) in [7, 11) is 5.19. The third-order valence-electron chi connectivity index (χ3n) is 8.16. The Labute approximate surface area is 213 Å². The summed E-state index contributed by atoms with van der Waals surface area (Å²) >= 11 is 0. The Morgan fingerprint density at radius 2 is 1.44 bits per heavy atom. The van der Waals surface area contributed by atoms with Gasteiger partial charge in [-0.1, -0.05) is 0 Å². The van der Waals surface area contributed by atoms with Gasteiger partial charge in [0.2, 0.25) is 0 Å². The third kappa shape index (κ3) is 4.80. The molecule has 0 spiro atoms. The van der Waals surface area contributed by atoms with Crippen LogP contribution in [0.3, 0.4) is 0 Å². The Hall–Kier alpha value is -2.73. The first-order valence-corrected chi connectivity index (χ1v) is 13.4. The number of ether oxygens (including phenoxy) is 5. The molecule has 0 bridgehead atoms. The molecule has 1 aliphatic heterocycles. The lowest BCUT2D eigenvalue weighted by Gasteiger charge is -2.38. The van der Waals surface area contributed by atoms with Crippen molar-refractivity contribution in [2.75, 3.05) is 34.5 Å². The molecule has 3 saturated carbocycles. The molecule has 1 heterocycles. The van der Waals surface area contributed by atoms with Gasteiger partial charge in [0.05, 0.1) is 45.3 Å². The molecule has 36 heavy (non-hydrogen) atoms. The highest BCUT2D eigenvalue weighted by atomic mass is 16.5. The van der Waals surface area contributed by atoms with E-state index in [1.807, 2.05) is 7.11 Å². The minimum Gasteiger partial charge on any atom is -0.493 e. The van der Waals surface area contributed by atoms with Gasteiger partial charge in [-0.2, -0.15) is 0 Å². The molecule has 0 radical (unpaired) electrons. The molecule has 3 atom stereocenters. The molecule has 3 unspecified atom stereocenters. The quantitative estimate of drug-likeness (QED) is 0.421. The molecule has 0 saturated heterocycles. The molecule has 0 N–H and O–H groups in total. The second-order valence-corrected chi connectivity index (χ2v) is 10.8. The Bertz CT molecular complexity index is 1140. The molecule has 0 amide bonds. The second kappa shape index (κ2) is 9.97. The lowest BCUT2D eigenvalue weighted by atomic mass is 9.74. The number of hydrogen-bond donors (Lipinski definition) is 0. The van der Waals surface area contributed by atoms with Crippen LogP contribution in [0.4, 0.5) is 0 Å². The number of nitrogens with zero attached hydrogens (tertiary/aromatic N) is 1. The zero-order valence-electron chi connectivity index (χ0n) is 21.6. The fraction of sp³-hybridized carbons (Fsp3) is 0.567. The first-order valence-electron chi connectivity index (χ1n) is 13.4. The van der Waals surface area contributed by atoms with Gasteiger partial charge in [-0.05, 0) is 92.7 Å². The third-order valence-corrected chi connectivity index (χ3v) is 8.16. The van der Waals surface area contributed by atoms with Gasteiger partial charge in [0.15, 0.2) is 23.0 Å². The van der Waals surface area contributed by atoms with Crippen LogP contribution in [0.2, 0.25) is 0 Å². The van der Waals surface area contributed by atoms with Gasteiger partial charge in [0.25, 0.3) is 0 Å².